The molecule has 0 amide bonds. The van der Waals surface area contributed by atoms with Crippen LogP contribution in [0.4, 0.5) is 11.6 Å². The molecule has 6 heteroatoms. The fraction of sp³-hybridized carbons (Fsp3) is 0.692. The number of ether oxygens (including phenoxy) is 1. The third-order valence-electron chi connectivity index (χ3n) is 2.54. The van der Waals surface area contributed by atoms with Crippen LogP contribution in [0.15, 0.2) is 6.07 Å². The number of aliphatic hydroxyl groups excluding tert-OH is 1. The van der Waals surface area contributed by atoms with Crippen LogP contribution in [0.2, 0.25) is 0 Å². The third-order valence-corrected chi connectivity index (χ3v) is 2.54. The van der Waals surface area contributed by atoms with Crippen molar-refractivity contribution in [2.75, 3.05) is 37.5 Å². The molecule has 19 heavy (non-hydrogen) atoms. The smallest absolute Gasteiger partial charge is 0.133 e. The van der Waals surface area contributed by atoms with Gasteiger partial charge in [0.05, 0.1) is 19.3 Å². The Labute approximate surface area is 114 Å². The molecule has 0 saturated carbocycles. The predicted molar refractivity (Wildman–Crippen MR) is 76.6 cm³/mol. The molecule has 0 aromatic carbocycles. The molecule has 3 N–H and O–H groups in total. The van der Waals surface area contributed by atoms with Crippen LogP contribution in [-0.4, -0.2) is 48.0 Å². The van der Waals surface area contributed by atoms with Gasteiger partial charge in [-0.2, -0.15) is 0 Å². The van der Waals surface area contributed by atoms with Crippen molar-refractivity contribution in [1.29, 1.82) is 0 Å². The molecule has 6 nitrogen and oxygen atoms in total. The summed E-state index contributed by atoms with van der Waals surface area (Å²) in [4.78, 5) is 8.88. The van der Waals surface area contributed by atoms with Gasteiger partial charge in [-0.15, -0.1) is 0 Å². The maximum Gasteiger partial charge on any atom is 0.133 e. The molecular weight excluding hydrogens is 244 g/mol. The summed E-state index contributed by atoms with van der Waals surface area (Å²) >= 11 is 0. The van der Waals surface area contributed by atoms with E-state index in [1.54, 1.807) is 7.11 Å². The van der Waals surface area contributed by atoms with Gasteiger partial charge in [0.15, 0.2) is 0 Å². The molecule has 0 bridgehead atoms. The van der Waals surface area contributed by atoms with Gasteiger partial charge in [-0.05, 0) is 13.3 Å². The first-order valence-corrected chi connectivity index (χ1v) is 6.71. The van der Waals surface area contributed by atoms with Crippen molar-refractivity contribution in [1.82, 2.24) is 9.97 Å². The third kappa shape index (κ3) is 5.40. The first-order chi connectivity index (χ1) is 9.23. The highest BCUT2D eigenvalue weighted by Crippen LogP contribution is 2.13. The van der Waals surface area contributed by atoms with E-state index in [0.717, 1.165) is 31.0 Å². The van der Waals surface area contributed by atoms with Gasteiger partial charge in [0.25, 0.3) is 0 Å². The number of anilines is 2. The molecule has 1 unspecified atom stereocenters. The summed E-state index contributed by atoms with van der Waals surface area (Å²) in [5, 5.41) is 15.6. The molecule has 0 aliphatic carbocycles. The van der Waals surface area contributed by atoms with E-state index in [9.17, 15) is 5.11 Å². The minimum atomic E-state index is -0.163. The zero-order valence-corrected chi connectivity index (χ0v) is 11.9. The van der Waals surface area contributed by atoms with Crippen LogP contribution in [0.5, 0.6) is 0 Å². The highest BCUT2D eigenvalue weighted by atomic mass is 16.5. The molecule has 0 aliphatic rings. The number of hydrogen-bond donors (Lipinski definition) is 3. The molecule has 0 aliphatic heterocycles. The van der Waals surface area contributed by atoms with Crippen molar-refractivity contribution in [2.45, 2.75) is 32.7 Å². The van der Waals surface area contributed by atoms with E-state index in [4.69, 9.17) is 4.74 Å². The largest absolute Gasteiger partial charge is 0.394 e. The van der Waals surface area contributed by atoms with E-state index in [2.05, 4.69) is 27.5 Å². The van der Waals surface area contributed by atoms with Gasteiger partial charge >= 0.3 is 0 Å². The second kappa shape index (κ2) is 8.66. The summed E-state index contributed by atoms with van der Waals surface area (Å²) in [6, 6.07) is 1.69. The molecular formula is C13H24N4O2. The monoisotopic (exact) mass is 268 g/mol. The number of aromatic nitrogens is 2. The summed E-state index contributed by atoms with van der Waals surface area (Å²) in [6.45, 7) is 5.36. The maximum atomic E-state index is 9.26. The van der Waals surface area contributed by atoms with Gasteiger partial charge < -0.3 is 20.5 Å². The number of hydrogen-bond acceptors (Lipinski definition) is 6. The average Bonchev–Trinajstić information content (AvgIpc) is 2.39. The number of aliphatic hydroxyl groups is 1. The lowest BCUT2D eigenvalue weighted by Crippen LogP contribution is -2.29. The molecule has 108 valence electrons. The summed E-state index contributed by atoms with van der Waals surface area (Å²) < 4.78 is 5.04. The number of rotatable bonds is 9. The zero-order chi connectivity index (χ0) is 14.1. The second-order valence-electron chi connectivity index (χ2n) is 4.31. The Hall–Kier alpha value is -1.40. The van der Waals surface area contributed by atoms with Crippen LogP contribution in [-0.2, 0) is 11.2 Å². The lowest BCUT2D eigenvalue weighted by atomic mass is 10.3. The minimum absolute atomic E-state index is 0.00249. The lowest BCUT2D eigenvalue weighted by molar-refractivity contribution is 0.153. The topological polar surface area (TPSA) is 79.3 Å². The fourth-order valence-corrected chi connectivity index (χ4v) is 1.73. The first kappa shape index (κ1) is 15.7. The minimum Gasteiger partial charge on any atom is -0.394 e. The lowest BCUT2D eigenvalue weighted by Gasteiger charge is -2.17. The molecule has 1 heterocycles. The Bertz CT molecular complexity index is 349. The van der Waals surface area contributed by atoms with Gasteiger partial charge in [-0.3, -0.25) is 0 Å². The van der Waals surface area contributed by atoms with Gasteiger partial charge in [0.1, 0.15) is 17.5 Å². The molecule has 1 aromatic rings. The number of nitrogens with one attached hydrogen (secondary N) is 2. The van der Waals surface area contributed by atoms with E-state index in [1.807, 2.05) is 13.0 Å². The first-order valence-electron chi connectivity index (χ1n) is 6.71. The van der Waals surface area contributed by atoms with Crippen LogP contribution in [0.25, 0.3) is 0 Å². The van der Waals surface area contributed by atoms with Crippen molar-refractivity contribution >= 4 is 11.6 Å². The molecule has 0 fully saturated rings. The predicted octanol–water partition coefficient (Wildman–Crippen LogP) is 1.28. The number of nitrogens with zero attached hydrogens (tertiary/aromatic N) is 2. The van der Waals surface area contributed by atoms with Gasteiger partial charge in [0, 0.05) is 26.1 Å². The molecule has 0 spiro atoms. The van der Waals surface area contributed by atoms with E-state index in [1.165, 1.54) is 0 Å². The highest BCUT2D eigenvalue weighted by Gasteiger charge is 2.10. The van der Waals surface area contributed by atoms with Crippen LogP contribution in [0.1, 0.15) is 26.1 Å². The van der Waals surface area contributed by atoms with Crippen LogP contribution in [0.3, 0.4) is 0 Å². The summed E-state index contributed by atoms with van der Waals surface area (Å²) in [7, 11) is 1.61. The quantitative estimate of drug-likeness (QED) is 0.626. The Morgan fingerprint density at radius 1 is 1.32 bits per heavy atom. The van der Waals surface area contributed by atoms with Crippen molar-refractivity contribution in [3.63, 3.8) is 0 Å². The fourth-order valence-electron chi connectivity index (χ4n) is 1.73. The summed E-state index contributed by atoms with van der Waals surface area (Å²) in [5.74, 6) is 2.32. The van der Waals surface area contributed by atoms with Crippen molar-refractivity contribution in [3.05, 3.63) is 11.9 Å². The summed E-state index contributed by atoms with van der Waals surface area (Å²) in [5.41, 5.74) is 0. The average molecular weight is 268 g/mol. The van der Waals surface area contributed by atoms with Crippen LogP contribution < -0.4 is 10.6 Å². The number of aryl methyl sites for hydroxylation is 1. The molecule has 1 rings (SSSR count). The van der Waals surface area contributed by atoms with E-state index in [0.29, 0.717) is 12.4 Å². The van der Waals surface area contributed by atoms with Gasteiger partial charge in [-0.25, -0.2) is 9.97 Å². The SMILES string of the molecule is CCCc1nc(NCC)cc(NC(CO)COC)n1. The highest BCUT2D eigenvalue weighted by molar-refractivity contribution is 5.48. The molecule has 1 atom stereocenters. The Kier molecular flexibility index (Phi) is 7.14. The maximum absolute atomic E-state index is 9.26. The second-order valence-corrected chi connectivity index (χ2v) is 4.31. The Morgan fingerprint density at radius 2 is 2.05 bits per heavy atom. The number of methoxy groups -OCH3 is 1. The van der Waals surface area contributed by atoms with Gasteiger partial charge in [-0.1, -0.05) is 6.92 Å². The standard InChI is InChI=1S/C13H24N4O2/c1-4-6-11-16-12(14-5-2)7-13(17-11)15-10(8-18)9-19-3/h7,10,18H,4-6,8-9H2,1-3H3,(H2,14,15,16,17). The zero-order valence-electron chi connectivity index (χ0n) is 11.9. The van der Waals surface area contributed by atoms with Crippen LogP contribution in [0, 0.1) is 0 Å². The summed E-state index contributed by atoms with van der Waals surface area (Å²) in [6.07, 6.45) is 1.83. The molecule has 1 aromatic heterocycles. The van der Waals surface area contributed by atoms with Gasteiger partial charge in [0.2, 0.25) is 0 Å². The van der Waals surface area contributed by atoms with E-state index >= 15 is 0 Å². The van der Waals surface area contributed by atoms with Crippen molar-refractivity contribution < 1.29 is 9.84 Å². The van der Waals surface area contributed by atoms with Crippen LogP contribution >= 0.6 is 0 Å². The van der Waals surface area contributed by atoms with E-state index in [-0.39, 0.29) is 12.6 Å². The molecule has 0 saturated heterocycles. The Morgan fingerprint density at radius 3 is 2.63 bits per heavy atom. The normalized spacial score (nSPS) is 12.2. The van der Waals surface area contributed by atoms with Crippen molar-refractivity contribution in [3.8, 4) is 0 Å². The van der Waals surface area contributed by atoms with E-state index < -0.39 is 0 Å². The Balaban J connectivity index is 2.84. The molecule has 0 radical (unpaired) electrons. The van der Waals surface area contributed by atoms with Crippen molar-refractivity contribution in [2.24, 2.45) is 0 Å².